The highest BCUT2D eigenvalue weighted by Gasteiger charge is 2.29. The SMILES string of the molecule is CC(C)C[C@H](NC(=O)[C@H](CCCN=C(N)N[N+](=O)[O-])NC(=O)CCc1c[nH]c2ccccc12)B(O)O. The van der Waals surface area contributed by atoms with Gasteiger partial charge in [-0.2, -0.15) is 0 Å². The molecule has 0 saturated carbocycles. The first-order chi connectivity index (χ1) is 17.1. The Bertz CT molecular complexity index is 1060. The van der Waals surface area contributed by atoms with Gasteiger partial charge in [0.05, 0.1) is 5.94 Å². The normalized spacial score (nSPS) is 13.3. The molecule has 0 aliphatic heterocycles. The smallest absolute Gasteiger partial charge is 0.426 e. The summed E-state index contributed by atoms with van der Waals surface area (Å²) in [6, 6.07) is 6.77. The molecule has 0 saturated heterocycles. The lowest BCUT2D eigenvalue weighted by molar-refractivity contribution is -0.525. The number of para-hydroxylation sites is 1. The summed E-state index contributed by atoms with van der Waals surface area (Å²) < 4.78 is 0. The van der Waals surface area contributed by atoms with E-state index in [1.807, 2.05) is 44.3 Å². The van der Waals surface area contributed by atoms with Crippen LogP contribution in [0.2, 0.25) is 0 Å². The van der Waals surface area contributed by atoms with E-state index in [4.69, 9.17) is 5.73 Å². The molecule has 8 N–H and O–H groups in total. The molecule has 2 rings (SSSR count). The van der Waals surface area contributed by atoms with Crippen LogP contribution in [0.25, 0.3) is 10.9 Å². The number of nitro groups is 1. The average molecular weight is 503 g/mol. The third-order valence-electron chi connectivity index (χ3n) is 5.50. The van der Waals surface area contributed by atoms with Gasteiger partial charge in [0.1, 0.15) is 6.04 Å². The van der Waals surface area contributed by atoms with Crippen molar-refractivity contribution in [2.24, 2.45) is 16.6 Å². The number of aromatic amines is 1. The van der Waals surface area contributed by atoms with Crippen LogP contribution in [-0.2, 0) is 16.0 Å². The van der Waals surface area contributed by atoms with E-state index in [2.05, 4.69) is 20.6 Å². The van der Waals surface area contributed by atoms with Gasteiger partial charge in [-0.05, 0) is 43.2 Å². The standard InChI is InChI=1S/C22H34BN7O6/c1-14(2)12-19(23(33)34)28-21(32)18(8-5-11-25-22(24)29-30(35)36)27-20(31)10-9-15-13-26-17-7-4-3-6-16(15)17/h3-4,6-7,13-14,18-19,26,33-34H,5,8-12H2,1-2H3,(H,27,31)(H,28,32)(H3,24,25,29)/t18-,19-/m0/s1. The zero-order valence-electron chi connectivity index (χ0n) is 20.4. The third kappa shape index (κ3) is 9.54. The molecule has 1 heterocycles. The highest BCUT2D eigenvalue weighted by molar-refractivity contribution is 6.43. The molecule has 196 valence electrons. The number of aryl methyl sites for hydroxylation is 1. The highest BCUT2D eigenvalue weighted by atomic mass is 16.7. The number of hydrazine groups is 1. The predicted molar refractivity (Wildman–Crippen MR) is 136 cm³/mol. The van der Waals surface area contributed by atoms with E-state index in [9.17, 15) is 29.8 Å². The van der Waals surface area contributed by atoms with Gasteiger partial charge in [-0.25, -0.2) is 15.1 Å². The molecule has 0 spiro atoms. The number of aliphatic imine (C=N–C) groups is 1. The number of nitrogens with zero attached hydrogens (tertiary/aromatic N) is 2. The number of fused-ring (bicyclic) bond motifs is 1. The molecule has 13 nitrogen and oxygen atoms in total. The first kappa shape index (κ1) is 28.6. The van der Waals surface area contributed by atoms with Gasteiger partial charge in [-0.15, -0.1) is 0 Å². The molecule has 0 fully saturated rings. The number of carbonyl (C=O) groups excluding carboxylic acids is 2. The molecule has 1 aromatic carbocycles. The maximum absolute atomic E-state index is 12.9. The lowest BCUT2D eigenvalue weighted by Crippen LogP contribution is -2.54. The van der Waals surface area contributed by atoms with Crippen molar-refractivity contribution >= 4 is 35.8 Å². The maximum Gasteiger partial charge on any atom is 0.475 e. The molecular weight excluding hydrogens is 469 g/mol. The number of nitrogens with one attached hydrogen (secondary N) is 4. The van der Waals surface area contributed by atoms with Crippen molar-refractivity contribution in [3.63, 3.8) is 0 Å². The molecule has 2 amide bonds. The van der Waals surface area contributed by atoms with Crippen LogP contribution in [0.15, 0.2) is 35.5 Å². The maximum atomic E-state index is 12.9. The molecule has 0 aliphatic rings. The van der Waals surface area contributed by atoms with Crippen LogP contribution >= 0.6 is 0 Å². The Hall–Kier alpha value is -3.65. The summed E-state index contributed by atoms with van der Waals surface area (Å²) in [6.07, 6.45) is 3.23. The third-order valence-corrected chi connectivity index (χ3v) is 5.50. The summed E-state index contributed by atoms with van der Waals surface area (Å²) in [7, 11) is -1.76. The monoisotopic (exact) mass is 503 g/mol. The van der Waals surface area contributed by atoms with Gasteiger partial charge in [0.25, 0.3) is 5.96 Å². The van der Waals surface area contributed by atoms with Crippen molar-refractivity contribution < 1.29 is 24.7 Å². The van der Waals surface area contributed by atoms with Crippen LogP contribution in [-0.4, -0.2) is 63.5 Å². The Morgan fingerprint density at radius 1 is 1.25 bits per heavy atom. The number of carbonyl (C=O) groups is 2. The van der Waals surface area contributed by atoms with Crippen molar-refractivity contribution in [1.82, 2.24) is 21.0 Å². The quantitative estimate of drug-likeness (QED) is 0.0465. The summed E-state index contributed by atoms with van der Waals surface area (Å²) in [6.45, 7) is 3.85. The Balaban J connectivity index is 2.02. The number of H-pyrrole nitrogens is 1. The molecule has 0 aliphatic carbocycles. The molecule has 14 heteroatoms. The molecule has 0 radical (unpaired) electrons. The van der Waals surface area contributed by atoms with Crippen molar-refractivity contribution in [1.29, 1.82) is 0 Å². The van der Waals surface area contributed by atoms with E-state index in [1.54, 1.807) is 5.43 Å². The van der Waals surface area contributed by atoms with Crippen LogP contribution in [0.3, 0.4) is 0 Å². The second-order valence-corrected chi connectivity index (χ2v) is 8.92. The summed E-state index contributed by atoms with van der Waals surface area (Å²) in [5, 5.41) is 35.2. The van der Waals surface area contributed by atoms with Gasteiger partial charge in [0.15, 0.2) is 5.03 Å². The molecule has 1 aromatic heterocycles. The number of nitrogens with two attached hydrogens (primary N) is 1. The number of benzene rings is 1. The number of rotatable bonds is 14. The minimum atomic E-state index is -1.76. The fourth-order valence-corrected chi connectivity index (χ4v) is 3.79. The van der Waals surface area contributed by atoms with E-state index in [0.717, 1.165) is 16.5 Å². The van der Waals surface area contributed by atoms with Crippen molar-refractivity contribution in [2.75, 3.05) is 6.54 Å². The summed E-state index contributed by atoms with van der Waals surface area (Å²) in [5.41, 5.74) is 9.07. The van der Waals surface area contributed by atoms with E-state index in [0.29, 0.717) is 12.8 Å². The highest BCUT2D eigenvalue weighted by Crippen LogP contribution is 2.19. The van der Waals surface area contributed by atoms with Crippen molar-refractivity contribution in [2.45, 2.75) is 57.9 Å². The minimum Gasteiger partial charge on any atom is -0.426 e. The van der Waals surface area contributed by atoms with Crippen molar-refractivity contribution in [3.05, 3.63) is 46.1 Å². The number of hydrogen-bond acceptors (Lipinski definition) is 7. The second kappa shape index (κ2) is 14.0. The van der Waals surface area contributed by atoms with E-state index < -0.39 is 30.0 Å². The minimum absolute atomic E-state index is 0.0830. The summed E-state index contributed by atoms with van der Waals surface area (Å²) in [4.78, 5) is 43.0. The first-order valence-corrected chi connectivity index (χ1v) is 11.8. The van der Waals surface area contributed by atoms with Crippen LogP contribution in [0.1, 0.15) is 45.1 Å². The van der Waals surface area contributed by atoms with Gasteiger partial charge in [-0.1, -0.05) is 37.5 Å². The molecule has 36 heavy (non-hydrogen) atoms. The Kier molecular flexibility index (Phi) is 11.2. The molecule has 2 atom stereocenters. The summed E-state index contributed by atoms with van der Waals surface area (Å²) >= 11 is 0. The summed E-state index contributed by atoms with van der Waals surface area (Å²) in [5.74, 6) is -2.09. The zero-order chi connectivity index (χ0) is 26.7. The molecule has 2 aromatic rings. The van der Waals surface area contributed by atoms with E-state index in [1.165, 1.54) is 0 Å². The first-order valence-electron chi connectivity index (χ1n) is 11.8. The van der Waals surface area contributed by atoms with Crippen molar-refractivity contribution in [3.8, 4) is 0 Å². The Morgan fingerprint density at radius 3 is 2.64 bits per heavy atom. The van der Waals surface area contributed by atoms with Crippen LogP contribution in [0, 0.1) is 16.0 Å². The number of aromatic nitrogens is 1. The van der Waals surface area contributed by atoms with Gasteiger partial charge in [-0.3, -0.25) is 9.59 Å². The van der Waals surface area contributed by atoms with Crippen LogP contribution < -0.4 is 21.8 Å². The lowest BCUT2D eigenvalue weighted by Gasteiger charge is -2.24. The molecular formula is C22H34BN7O6. The average Bonchev–Trinajstić information content (AvgIpc) is 3.21. The fourth-order valence-electron chi connectivity index (χ4n) is 3.79. The molecule has 0 unspecified atom stereocenters. The Morgan fingerprint density at radius 2 is 1.97 bits per heavy atom. The lowest BCUT2D eigenvalue weighted by atomic mass is 9.75. The van der Waals surface area contributed by atoms with Gasteiger partial charge in [0, 0.05) is 30.1 Å². The predicted octanol–water partition coefficient (Wildman–Crippen LogP) is 0.00440. The van der Waals surface area contributed by atoms with Gasteiger partial charge in [0.2, 0.25) is 11.8 Å². The topological polar surface area (TPSA) is 208 Å². The number of hydrogen-bond donors (Lipinski definition) is 7. The zero-order valence-corrected chi connectivity index (χ0v) is 20.4. The van der Waals surface area contributed by atoms with E-state index >= 15 is 0 Å². The van der Waals surface area contributed by atoms with Crippen LogP contribution in [0.5, 0.6) is 0 Å². The van der Waals surface area contributed by atoms with E-state index in [-0.39, 0.29) is 43.6 Å². The molecule has 0 bridgehead atoms. The number of amides is 2. The van der Waals surface area contributed by atoms with Crippen LogP contribution in [0.4, 0.5) is 0 Å². The van der Waals surface area contributed by atoms with Gasteiger partial charge >= 0.3 is 7.12 Å². The Labute approximate surface area is 209 Å². The largest absolute Gasteiger partial charge is 0.475 e. The second-order valence-electron chi connectivity index (χ2n) is 8.92. The van der Waals surface area contributed by atoms with Gasteiger partial charge < -0.3 is 31.4 Å². The number of guanidine groups is 1. The fraction of sp³-hybridized carbons (Fsp3) is 0.500.